The maximum atomic E-state index is 12.6. The van der Waals surface area contributed by atoms with E-state index in [4.69, 9.17) is 0 Å². The van der Waals surface area contributed by atoms with Crippen LogP contribution in [0.15, 0.2) is 56.8 Å². The van der Waals surface area contributed by atoms with Crippen LogP contribution in [-0.4, -0.2) is 18.8 Å². The highest BCUT2D eigenvalue weighted by Crippen LogP contribution is 2.31. The number of alkyl halides is 6. The molecule has 0 saturated heterocycles. The lowest BCUT2D eigenvalue weighted by atomic mass is 10.3. The van der Waals surface area contributed by atoms with Gasteiger partial charge in [-0.2, -0.15) is 26.3 Å². The van der Waals surface area contributed by atoms with Crippen LogP contribution in [0.1, 0.15) is 11.4 Å². The largest absolute Gasteiger partial charge is 0.434 e. The lowest BCUT2D eigenvalue weighted by Crippen LogP contribution is -2.24. The summed E-state index contributed by atoms with van der Waals surface area (Å²) in [5.74, 6) is 0. The average molecular weight is 759 g/mol. The summed E-state index contributed by atoms with van der Waals surface area (Å²) in [7, 11) is 0. The lowest BCUT2D eigenvalue weighted by Gasteiger charge is -2.09. The molecule has 4 aromatic heterocycles. The second kappa shape index (κ2) is 9.47. The first-order chi connectivity index (χ1) is 15.2. The van der Waals surface area contributed by atoms with Gasteiger partial charge in [0.05, 0.1) is 0 Å². The third-order valence-corrected chi connectivity index (χ3v) is 6.39. The Balaban J connectivity index is 0.000000186. The van der Waals surface area contributed by atoms with E-state index in [1.807, 2.05) is 0 Å². The molecule has 0 aliphatic heterocycles. The molecule has 0 aliphatic carbocycles. The molecule has 33 heavy (non-hydrogen) atoms. The zero-order chi connectivity index (χ0) is 24.7. The summed E-state index contributed by atoms with van der Waals surface area (Å²) >= 11 is 5.83. The predicted molar refractivity (Wildman–Crippen MR) is 126 cm³/mol. The van der Waals surface area contributed by atoms with Gasteiger partial charge in [-0.15, -0.1) is 0 Å². The predicted octanol–water partition coefficient (Wildman–Crippen LogP) is 5.40. The van der Waals surface area contributed by atoms with Crippen LogP contribution in [0.2, 0.25) is 0 Å². The maximum Gasteiger partial charge on any atom is 0.434 e. The second-order valence-corrected chi connectivity index (χ2v) is 9.23. The van der Waals surface area contributed by atoms with Crippen molar-refractivity contribution >= 4 is 72.4 Å². The lowest BCUT2D eigenvalue weighted by molar-refractivity contribution is -0.142. The van der Waals surface area contributed by atoms with Crippen LogP contribution in [-0.2, 0) is 12.4 Å². The third kappa shape index (κ3) is 5.50. The molecule has 0 bridgehead atoms. The highest BCUT2D eigenvalue weighted by atomic mass is 127. The summed E-state index contributed by atoms with van der Waals surface area (Å²) in [6.07, 6.45) is -6.49. The molecule has 174 valence electrons. The van der Waals surface area contributed by atoms with Gasteiger partial charge in [-0.1, -0.05) is 22.0 Å². The smallest absolute Gasteiger partial charge is 0.268 e. The van der Waals surface area contributed by atoms with Crippen LogP contribution in [0.5, 0.6) is 0 Å². The van der Waals surface area contributed by atoms with E-state index in [0.717, 1.165) is 8.80 Å². The van der Waals surface area contributed by atoms with Crippen LogP contribution in [0, 0.1) is 7.14 Å². The fourth-order valence-corrected chi connectivity index (χ4v) is 4.23. The molecule has 0 spiro atoms. The van der Waals surface area contributed by atoms with Gasteiger partial charge in [0.25, 0.3) is 11.1 Å². The van der Waals surface area contributed by atoms with E-state index in [0.29, 0.717) is 4.47 Å². The van der Waals surface area contributed by atoms with Crippen molar-refractivity contribution in [2.75, 3.05) is 0 Å². The highest BCUT2D eigenvalue weighted by Gasteiger charge is 2.37. The first kappa shape index (κ1) is 25.9. The molecule has 0 aliphatic rings. The van der Waals surface area contributed by atoms with Gasteiger partial charge in [0.1, 0.15) is 18.4 Å². The molecule has 0 fully saturated rings. The van der Waals surface area contributed by atoms with Crippen molar-refractivity contribution in [3.05, 3.63) is 86.4 Å². The number of pyridine rings is 2. The van der Waals surface area contributed by atoms with Crippen molar-refractivity contribution in [3.63, 3.8) is 0 Å². The Kier molecular flexibility index (Phi) is 7.42. The van der Waals surface area contributed by atoms with Crippen molar-refractivity contribution in [3.8, 4) is 0 Å². The number of aromatic nitrogens is 4. The Bertz CT molecular complexity index is 1480. The van der Waals surface area contributed by atoms with Crippen LogP contribution in [0.25, 0.3) is 11.3 Å². The molecule has 0 atom stereocenters. The van der Waals surface area contributed by atoms with E-state index in [1.165, 1.54) is 75.8 Å². The van der Waals surface area contributed by atoms with E-state index in [1.54, 1.807) is 12.1 Å². The van der Waals surface area contributed by atoms with Crippen LogP contribution in [0.4, 0.5) is 26.3 Å². The summed E-state index contributed by atoms with van der Waals surface area (Å²) in [6.45, 7) is 0. The topological polar surface area (TPSA) is 68.7 Å². The molecular weight excluding hydrogens is 752 g/mol. The van der Waals surface area contributed by atoms with Crippen molar-refractivity contribution < 1.29 is 26.3 Å². The molecule has 4 rings (SSSR count). The van der Waals surface area contributed by atoms with Crippen molar-refractivity contribution in [1.82, 2.24) is 18.8 Å². The average Bonchev–Trinajstić information content (AvgIpc) is 2.72. The Morgan fingerprint density at radius 3 is 1.76 bits per heavy atom. The van der Waals surface area contributed by atoms with E-state index < -0.39 is 42.0 Å². The van der Waals surface area contributed by atoms with Gasteiger partial charge in [-0.3, -0.25) is 18.4 Å². The standard InChI is InChI=1S/C9H3BrF3IN2O.C9H4F3IN2O/c10-4-1-2-16-5(3-4)15-7(9(11,12)13)6(14)8(16)17;10-9(11,12)7-6(13)8(16)15-4-2-1-3-5(15)14-7/h1-3H;1-4H. The van der Waals surface area contributed by atoms with Gasteiger partial charge in [0.15, 0.2) is 11.4 Å². The quantitative estimate of drug-likeness (QED) is 0.178. The monoisotopic (exact) mass is 758 g/mol. The zero-order valence-corrected chi connectivity index (χ0v) is 21.4. The minimum Gasteiger partial charge on any atom is -0.268 e. The van der Waals surface area contributed by atoms with Crippen molar-refractivity contribution in [2.45, 2.75) is 12.4 Å². The van der Waals surface area contributed by atoms with Gasteiger partial charge in [-0.25, -0.2) is 9.97 Å². The molecule has 0 amide bonds. The van der Waals surface area contributed by atoms with Crippen LogP contribution < -0.4 is 11.1 Å². The van der Waals surface area contributed by atoms with E-state index in [2.05, 4.69) is 25.9 Å². The van der Waals surface area contributed by atoms with Crippen molar-refractivity contribution in [2.24, 2.45) is 0 Å². The number of fused-ring (bicyclic) bond motifs is 2. The number of hydrogen-bond donors (Lipinski definition) is 0. The highest BCUT2D eigenvalue weighted by molar-refractivity contribution is 14.1. The summed E-state index contributed by atoms with van der Waals surface area (Å²) in [4.78, 5) is 30.2. The number of hydrogen-bond acceptors (Lipinski definition) is 4. The molecule has 6 nitrogen and oxygen atoms in total. The van der Waals surface area contributed by atoms with Crippen molar-refractivity contribution in [1.29, 1.82) is 0 Å². The number of halogens is 9. The fourth-order valence-electron chi connectivity index (χ4n) is 2.53. The van der Waals surface area contributed by atoms with Gasteiger partial charge in [-0.05, 0) is 69.4 Å². The molecule has 0 radical (unpaired) electrons. The first-order valence-electron chi connectivity index (χ1n) is 8.40. The molecule has 4 heterocycles. The summed E-state index contributed by atoms with van der Waals surface area (Å²) in [5, 5.41) is 0. The molecule has 4 aromatic rings. The molecular formula is C18H7BrF6I2N4O2. The zero-order valence-electron chi connectivity index (χ0n) is 15.5. The minimum atomic E-state index is -4.63. The molecule has 0 unspecified atom stereocenters. The SMILES string of the molecule is O=c1c(I)c(C(F)(F)F)nc2cc(Br)ccn12.O=c1c(I)c(C(F)(F)F)nc2ccccn12. The third-order valence-electron chi connectivity index (χ3n) is 3.95. The van der Waals surface area contributed by atoms with Gasteiger partial charge in [0, 0.05) is 16.9 Å². The molecule has 0 aromatic carbocycles. The fraction of sp³-hybridized carbons (Fsp3) is 0.111. The van der Waals surface area contributed by atoms with E-state index in [-0.39, 0.29) is 11.3 Å². The number of nitrogens with zero attached hydrogens (tertiary/aromatic N) is 4. The minimum absolute atomic E-state index is 0.0137. The molecule has 0 N–H and O–H groups in total. The molecule has 0 saturated carbocycles. The Labute approximate surface area is 215 Å². The summed E-state index contributed by atoms with van der Waals surface area (Å²) in [5.41, 5.74) is -3.78. The normalized spacial score (nSPS) is 12.0. The van der Waals surface area contributed by atoms with Gasteiger partial charge < -0.3 is 0 Å². The Morgan fingerprint density at radius 2 is 1.24 bits per heavy atom. The Hall–Kier alpha value is -1.76. The number of rotatable bonds is 0. The van der Waals surface area contributed by atoms with Gasteiger partial charge >= 0.3 is 12.4 Å². The maximum absolute atomic E-state index is 12.6. The van der Waals surface area contributed by atoms with Crippen LogP contribution in [0.3, 0.4) is 0 Å². The molecule has 15 heteroatoms. The van der Waals surface area contributed by atoms with Gasteiger partial charge in [0.2, 0.25) is 0 Å². The summed E-state index contributed by atoms with van der Waals surface area (Å²) < 4.78 is 77.4. The van der Waals surface area contributed by atoms with E-state index in [9.17, 15) is 35.9 Å². The summed E-state index contributed by atoms with van der Waals surface area (Å²) in [6, 6.07) is 7.34. The second-order valence-electron chi connectivity index (χ2n) is 6.16. The van der Waals surface area contributed by atoms with Crippen LogP contribution >= 0.6 is 61.1 Å². The van der Waals surface area contributed by atoms with E-state index >= 15 is 0 Å². The first-order valence-corrected chi connectivity index (χ1v) is 11.4. The Morgan fingerprint density at radius 1 is 0.758 bits per heavy atom.